The predicted molar refractivity (Wildman–Crippen MR) is 130 cm³/mol. The summed E-state index contributed by atoms with van der Waals surface area (Å²) in [5, 5.41) is 0. The molecule has 2 N–H and O–H groups in total. The van der Waals surface area contributed by atoms with Gasteiger partial charge in [0.05, 0.1) is 18.7 Å². The summed E-state index contributed by atoms with van der Waals surface area (Å²) in [7, 11) is 1.62. The molecule has 0 saturated heterocycles. The monoisotopic (exact) mass is 451 g/mol. The molecule has 34 heavy (non-hydrogen) atoms. The van der Waals surface area contributed by atoms with Gasteiger partial charge < -0.3 is 10.5 Å². The highest BCUT2D eigenvalue weighted by Gasteiger charge is 2.44. The predicted octanol–water partition coefficient (Wildman–Crippen LogP) is 4.42. The Kier molecular flexibility index (Phi) is 5.76. The minimum Gasteiger partial charge on any atom is -0.495 e. The van der Waals surface area contributed by atoms with Crippen molar-refractivity contribution < 1.29 is 9.53 Å². The molecule has 1 aromatic carbocycles. The van der Waals surface area contributed by atoms with E-state index in [4.69, 9.17) is 10.5 Å². The molecule has 3 aromatic heterocycles. The van der Waals surface area contributed by atoms with Crippen LogP contribution in [0.1, 0.15) is 30.5 Å². The first-order valence-corrected chi connectivity index (χ1v) is 11.2. The Morgan fingerprint density at radius 3 is 2.21 bits per heavy atom. The number of nitrogen functional groups attached to an aromatic ring is 1. The van der Waals surface area contributed by atoms with Crippen molar-refractivity contribution in [3.8, 4) is 28.0 Å². The third-order valence-corrected chi connectivity index (χ3v) is 6.63. The minimum atomic E-state index is -0.437. The molecular weight excluding hydrogens is 426 g/mol. The van der Waals surface area contributed by atoms with Crippen molar-refractivity contribution in [1.29, 1.82) is 0 Å². The van der Waals surface area contributed by atoms with Gasteiger partial charge in [0.1, 0.15) is 11.5 Å². The fourth-order valence-corrected chi connectivity index (χ4v) is 4.45. The number of carbonyl (C=O) groups excluding carboxylic acids is 1. The number of hydrogen-bond acceptors (Lipinski definition) is 7. The van der Waals surface area contributed by atoms with E-state index in [2.05, 4.69) is 32.1 Å². The first-order chi connectivity index (χ1) is 16.6. The molecule has 3 heterocycles. The SMILES string of the molecule is COc1cncc(-c2ccc(CC(=O)C3(c4ccc(-c5cnc(N)nc5)cc4)CCC3)nc2)c1. The molecule has 1 aliphatic rings. The summed E-state index contributed by atoms with van der Waals surface area (Å²) in [6.45, 7) is 0. The number of aromatic nitrogens is 4. The Hall–Kier alpha value is -4.13. The topological polar surface area (TPSA) is 104 Å². The first-order valence-electron chi connectivity index (χ1n) is 11.2. The number of ketones is 1. The Morgan fingerprint density at radius 1 is 0.882 bits per heavy atom. The van der Waals surface area contributed by atoms with E-state index in [1.165, 1.54) is 0 Å². The molecule has 7 heteroatoms. The summed E-state index contributed by atoms with van der Waals surface area (Å²) < 4.78 is 5.25. The van der Waals surface area contributed by atoms with Crippen molar-refractivity contribution in [2.75, 3.05) is 12.8 Å². The molecule has 7 nitrogen and oxygen atoms in total. The van der Waals surface area contributed by atoms with Gasteiger partial charge in [0.15, 0.2) is 0 Å². The highest BCUT2D eigenvalue weighted by atomic mass is 16.5. The Labute approximate surface area is 198 Å². The van der Waals surface area contributed by atoms with Crippen LogP contribution in [0.4, 0.5) is 5.95 Å². The summed E-state index contributed by atoms with van der Waals surface area (Å²) in [6.07, 6.45) is 11.7. The molecule has 0 unspecified atom stereocenters. The lowest BCUT2D eigenvalue weighted by Gasteiger charge is -2.41. The summed E-state index contributed by atoms with van der Waals surface area (Å²) in [4.78, 5) is 30.3. The second kappa shape index (κ2) is 9.02. The van der Waals surface area contributed by atoms with Gasteiger partial charge in [-0.15, -0.1) is 0 Å². The van der Waals surface area contributed by atoms with Gasteiger partial charge in [0.25, 0.3) is 0 Å². The van der Waals surface area contributed by atoms with Crippen molar-refractivity contribution in [1.82, 2.24) is 19.9 Å². The molecule has 0 amide bonds. The molecule has 1 aliphatic carbocycles. The maximum absolute atomic E-state index is 13.4. The number of ether oxygens (including phenoxy) is 1. The van der Waals surface area contributed by atoms with E-state index in [0.29, 0.717) is 12.2 Å². The normalized spacial score (nSPS) is 14.3. The van der Waals surface area contributed by atoms with Gasteiger partial charge in [-0.25, -0.2) is 9.97 Å². The van der Waals surface area contributed by atoms with Crippen molar-refractivity contribution in [3.63, 3.8) is 0 Å². The lowest BCUT2D eigenvalue weighted by Crippen LogP contribution is -2.43. The zero-order valence-electron chi connectivity index (χ0n) is 18.9. The maximum Gasteiger partial charge on any atom is 0.219 e. The van der Waals surface area contributed by atoms with E-state index >= 15 is 0 Å². The molecule has 5 rings (SSSR count). The van der Waals surface area contributed by atoms with Gasteiger partial charge >= 0.3 is 0 Å². The van der Waals surface area contributed by atoms with E-state index in [1.807, 2.05) is 30.3 Å². The third kappa shape index (κ3) is 4.12. The number of pyridine rings is 2. The molecule has 0 atom stereocenters. The van der Waals surface area contributed by atoms with Gasteiger partial charge in [0.2, 0.25) is 5.95 Å². The van der Waals surface area contributed by atoms with E-state index in [0.717, 1.165) is 52.8 Å². The molecule has 0 spiro atoms. The van der Waals surface area contributed by atoms with Crippen molar-refractivity contribution >= 4 is 11.7 Å². The van der Waals surface area contributed by atoms with Crippen LogP contribution in [0.15, 0.2) is 73.4 Å². The minimum absolute atomic E-state index is 0.214. The molecule has 1 fully saturated rings. The van der Waals surface area contributed by atoms with Crippen LogP contribution in [-0.2, 0) is 16.6 Å². The number of nitrogens with zero attached hydrogens (tertiary/aromatic N) is 4. The quantitative estimate of drug-likeness (QED) is 0.443. The van der Waals surface area contributed by atoms with Gasteiger partial charge in [-0.2, -0.15) is 0 Å². The van der Waals surface area contributed by atoms with Gasteiger partial charge in [-0.05, 0) is 36.1 Å². The fraction of sp³-hybridized carbons (Fsp3) is 0.222. The van der Waals surface area contributed by atoms with Crippen LogP contribution in [0.25, 0.3) is 22.3 Å². The summed E-state index contributed by atoms with van der Waals surface area (Å²) in [5.74, 6) is 1.16. The van der Waals surface area contributed by atoms with Crippen molar-refractivity contribution in [2.24, 2.45) is 0 Å². The van der Waals surface area contributed by atoms with E-state index in [-0.39, 0.29) is 11.7 Å². The highest BCUT2D eigenvalue weighted by molar-refractivity contribution is 5.92. The van der Waals surface area contributed by atoms with E-state index < -0.39 is 5.41 Å². The number of hydrogen-bond donors (Lipinski definition) is 1. The Bertz CT molecular complexity index is 1300. The first kappa shape index (κ1) is 21.7. The number of Topliss-reactive ketones (excluding diaryl/α,β-unsaturated/α-hetero) is 1. The zero-order chi connectivity index (χ0) is 23.5. The van der Waals surface area contributed by atoms with Crippen molar-refractivity contribution in [2.45, 2.75) is 31.1 Å². The van der Waals surface area contributed by atoms with E-state index in [1.54, 1.807) is 38.1 Å². The van der Waals surface area contributed by atoms with Gasteiger partial charge in [-0.3, -0.25) is 14.8 Å². The number of anilines is 1. The standard InChI is InChI=1S/C27H25N5O2/c1-34-24-11-20(13-29-17-24)19-5-8-23(30-14-19)12-25(33)27(9-2-10-27)22-6-3-18(4-7-22)21-15-31-26(28)32-16-21/h3-8,11,13-17H,2,9-10,12H2,1H3,(H2,28,31,32). The van der Waals surface area contributed by atoms with Crippen LogP contribution in [0.2, 0.25) is 0 Å². The lowest BCUT2D eigenvalue weighted by atomic mass is 9.61. The molecule has 170 valence electrons. The van der Waals surface area contributed by atoms with Crippen LogP contribution < -0.4 is 10.5 Å². The molecule has 0 radical (unpaired) electrons. The fourth-order valence-electron chi connectivity index (χ4n) is 4.45. The molecule has 0 aliphatic heterocycles. The number of nitrogens with two attached hydrogens (primary N) is 1. The van der Waals surface area contributed by atoms with Crippen LogP contribution in [0.3, 0.4) is 0 Å². The second-order valence-electron chi connectivity index (χ2n) is 8.59. The zero-order valence-corrected chi connectivity index (χ0v) is 18.9. The molecular formula is C27H25N5O2. The molecule has 0 bridgehead atoms. The average Bonchev–Trinajstić information content (AvgIpc) is 2.85. The number of rotatable bonds is 7. The van der Waals surface area contributed by atoms with Gasteiger partial charge in [0, 0.05) is 53.6 Å². The maximum atomic E-state index is 13.4. The Balaban J connectivity index is 1.32. The average molecular weight is 452 g/mol. The second-order valence-corrected chi connectivity index (χ2v) is 8.59. The Morgan fingerprint density at radius 2 is 1.59 bits per heavy atom. The van der Waals surface area contributed by atoms with Crippen molar-refractivity contribution in [3.05, 3.63) is 84.7 Å². The lowest BCUT2D eigenvalue weighted by molar-refractivity contribution is -0.127. The van der Waals surface area contributed by atoms with Crippen LogP contribution in [-0.4, -0.2) is 32.8 Å². The number of methoxy groups -OCH3 is 1. The summed E-state index contributed by atoms with van der Waals surface area (Å²) in [5.41, 5.74) is 10.7. The summed E-state index contributed by atoms with van der Waals surface area (Å²) in [6, 6.07) is 14.0. The number of benzene rings is 1. The van der Waals surface area contributed by atoms with E-state index in [9.17, 15) is 4.79 Å². The highest BCUT2D eigenvalue weighted by Crippen LogP contribution is 2.45. The number of carbonyl (C=O) groups is 1. The molecule has 4 aromatic rings. The third-order valence-electron chi connectivity index (χ3n) is 6.63. The smallest absolute Gasteiger partial charge is 0.219 e. The van der Waals surface area contributed by atoms with Gasteiger partial charge in [-0.1, -0.05) is 36.8 Å². The van der Waals surface area contributed by atoms with Crippen LogP contribution >= 0.6 is 0 Å². The molecule has 1 saturated carbocycles. The van der Waals surface area contributed by atoms with Crippen LogP contribution in [0.5, 0.6) is 5.75 Å². The largest absolute Gasteiger partial charge is 0.495 e. The summed E-state index contributed by atoms with van der Waals surface area (Å²) >= 11 is 0. The van der Waals surface area contributed by atoms with Crippen LogP contribution in [0, 0.1) is 0 Å².